The predicted molar refractivity (Wildman–Crippen MR) is 150 cm³/mol. The summed E-state index contributed by atoms with van der Waals surface area (Å²) in [6, 6.07) is 6.20. The smallest absolute Gasteiger partial charge is 0.480 e. The maximum atomic E-state index is 13.4. The number of halogens is 4. The first-order valence-electron chi connectivity index (χ1n) is 13.8. The number of carbonyl (C=O) groups is 2. The Hall–Kier alpha value is -3.30. The van der Waals surface area contributed by atoms with Gasteiger partial charge >= 0.3 is 11.5 Å². The lowest BCUT2D eigenvalue weighted by Crippen LogP contribution is -2.45. The number of rotatable bonds is 16. The number of unbranched alkanes of at least 4 members (excludes halogenated alkanes) is 1. The number of hydrogen-bond acceptors (Lipinski definition) is 8. The van der Waals surface area contributed by atoms with Crippen LogP contribution in [0.5, 0.6) is 0 Å². The summed E-state index contributed by atoms with van der Waals surface area (Å²) in [5, 5.41) is 15.1. The lowest BCUT2D eigenvalue weighted by molar-refractivity contribution is -0.139. The number of nitrogens with one attached hydrogen (secondary N) is 2. The molecule has 0 saturated heterocycles. The fraction of sp³-hybridized carbons (Fsp3) is 0.536. The number of hydrogen-bond donors (Lipinski definition) is 3. The van der Waals surface area contributed by atoms with E-state index < -0.39 is 56.5 Å². The third-order valence-corrected chi connectivity index (χ3v) is 8.68. The molecule has 3 N–H and O–H groups in total. The van der Waals surface area contributed by atoms with Gasteiger partial charge in [-0.05, 0) is 68.8 Å². The van der Waals surface area contributed by atoms with Crippen LogP contribution in [0.15, 0.2) is 41.3 Å². The zero-order valence-electron chi connectivity index (χ0n) is 23.7. The maximum Gasteiger partial charge on any atom is 0.501 e. The van der Waals surface area contributed by atoms with Crippen molar-refractivity contribution in [1.82, 2.24) is 15.2 Å². The molecule has 0 fully saturated rings. The summed E-state index contributed by atoms with van der Waals surface area (Å²) >= 11 is 0. The summed E-state index contributed by atoms with van der Waals surface area (Å²) in [6.07, 6.45) is 3.21. The molecule has 2 unspecified atom stereocenters. The Kier molecular flexibility index (Phi) is 12.3. The fourth-order valence-corrected chi connectivity index (χ4v) is 5.69. The van der Waals surface area contributed by atoms with Crippen LogP contribution in [-0.4, -0.2) is 92.9 Å². The highest BCUT2D eigenvalue weighted by molar-refractivity contribution is 7.92. The third kappa shape index (κ3) is 9.34. The number of ether oxygens (including phenoxy) is 1. The van der Waals surface area contributed by atoms with Gasteiger partial charge in [-0.25, -0.2) is 22.6 Å². The molecule has 1 aromatic carbocycles. The topological polar surface area (TPSA) is 138 Å². The van der Waals surface area contributed by atoms with Gasteiger partial charge in [0.15, 0.2) is 0 Å². The van der Waals surface area contributed by atoms with Crippen LogP contribution >= 0.6 is 0 Å². The summed E-state index contributed by atoms with van der Waals surface area (Å²) in [6.45, 7) is 0.783. The number of nitrogens with zero attached hydrogens (tertiary/aromatic N) is 2. The SMILES string of the molecule is COC(CF)CN(CCCCc1ccc2c(n1)NCCC2)CCC(NC(=O)c1ccccc1S(=O)(=O)C(F)(F)F)C(=O)O. The van der Waals surface area contributed by atoms with Gasteiger partial charge in [-0.2, -0.15) is 13.2 Å². The Morgan fingerprint density at radius 2 is 1.91 bits per heavy atom. The number of anilines is 1. The van der Waals surface area contributed by atoms with Gasteiger partial charge in [0.25, 0.3) is 15.7 Å². The first kappa shape index (κ1) is 34.2. The van der Waals surface area contributed by atoms with Crippen LogP contribution in [0.25, 0.3) is 0 Å². The van der Waals surface area contributed by atoms with Crippen molar-refractivity contribution >= 4 is 27.5 Å². The zero-order valence-corrected chi connectivity index (χ0v) is 24.5. The molecule has 3 rings (SSSR count). The van der Waals surface area contributed by atoms with E-state index in [-0.39, 0.29) is 19.5 Å². The summed E-state index contributed by atoms with van der Waals surface area (Å²) in [7, 11) is -4.51. The van der Waals surface area contributed by atoms with Crippen molar-refractivity contribution in [2.75, 3.05) is 45.3 Å². The Bertz CT molecular complexity index is 1360. The summed E-state index contributed by atoms with van der Waals surface area (Å²) < 4.78 is 82.0. The lowest BCUT2D eigenvalue weighted by Gasteiger charge is -2.27. The van der Waals surface area contributed by atoms with E-state index in [1.54, 1.807) is 4.90 Å². The molecule has 15 heteroatoms. The van der Waals surface area contributed by atoms with Crippen LogP contribution in [0.1, 0.15) is 47.3 Å². The minimum Gasteiger partial charge on any atom is -0.480 e. The summed E-state index contributed by atoms with van der Waals surface area (Å²) in [5.41, 5.74) is -4.37. The molecule has 2 heterocycles. The number of methoxy groups -OCH3 is 1. The number of carboxylic acids is 1. The third-order valence-electron chi connectivity index (χ3n) is 7.14. The number of carbonyl (C=O) groups excluding carboxylic acids is 1. The molecule has 0 saturated carbocycles. The van der Waals surface area contributed by atoms with E-state index >= 15 is 0 Å². The highest BCUT2D eigenvalue weighted by Gasteiger charge is 2.48. The van der Waals surface area contributed by atoms with Gasteiger partial charge in [-0.1, -0.05) is 18.2 Å². The van der Waals surface area contributed by atoms with Gasteiger partial charge in [-0.15, -0.1) is 0 Å². The van der Waals surface area contributed by atoms with Crippen LogP contribution < -0.4 is 10.6 Å². The van der Waals surface area contributed by atoms with Crippen LogP contribution in [0.3, 0.4) is 0 Å². The molecule has 1 amide bonds. The number of amides is 1. The van der Waals surface area contributed by atoms with Gasteiger partial charge in [0.1, 0.15) is 18.5 Å². The minimum atomic E-state index is -5.86. The molecule has 1 aliphatic heterocycles. The molecule has 0 aliphatic carbocycles. The average Bonchev–Trinajstić information content (AvgIpc) is 2.98. The van der Waals surface area contributed by atoms with Crippen molar-refractivity contribution in [2.45, 2.75) is 61.1 Å². The molecule has 238 valence electrons. The largest absolute Gasteiger partial charge is 0.501 e. The molecule has 10 nitrogen and oxygen atoms in total. The number of aromatic nitrogens is 1. The quantitative estimate of drug-likeness (QED) is 0.187. The van der Waals surface area contributed by atoms with Crippen molar-refractivity contribution in [2.24, 2.45) is 0 Å². The molecule has 2 aromatic rings. The van der Waals surface area contributed by atoms with E-state index in [1.807, 2.05) is 6.07 Å². The predicted octanol–water partition coefficient (Wildman–Crippen LogP) is 3.62. The van der Waals surface area contributed by atoms with Crippen LogP contribution in [0.4, 0.5) is 23.4 Å². The number of carboxylic acid groups (broad SMARTS) is 1. The Morgan fingerprint density at radius 3 is 2.58 bits per heavy atom. The highest BCUT2D eigenvalue weighted by atomic mass is 32.2. The molecule has 1 aromatic heterocycles. The van der Waals surface area contributed by atoms with Crippen molar-refractivity contribution in [3.8, 4) is 0 Å². The van der Waals surface area contributed by atoms with Crippen molar-refractivity contribution in [3.05, 3.63) is 53.2 Å². The Balaban J connectivity index is 1.63. The standard InChI is InChI=1S/C28H36F4N4O6S/c1-42-21(17-29)18-36(15-5-4-8-20-12-11-19-7-6-14-33-25(19)34-20)16-13-23(27(38)39)35-26(37)22-9-2-3-10-24(22)43(40,41)28(30,31)32/h2-3,9-12,21,23H,4-8,13-18H2,1H3,(H,33,34)(H,35,37)(H,38,39). The van der Waals surface area contributed by atoms with E-state index in [9.17, 15) is 40.7 Å². The molecule has 2 atom stereocenters. The summed E-state index contributed by atoms with van der Waals surface area (Å²) in [5.74, 6) is -1.85. The zero-order chi connectivity index (χ0) is 31.6. The molecule has 0 bridgehead atoms. The molecule has 43 heavy (non-hydrogen) atoms. The van der Waals surface area contributed by atoms with Gasteiger partial charge in [0.2, 0.25) is 0 Å². The normalized spacial score (nSPS) is 14.9. The number of aryl methyl sites for hydroxylation is 2. The number of sulfone groups is 1. The number of pyridine rings is 1. The second kappa shape index (κ2) is 15.4. The van der Waals surface area contributed by atoms with Crippen LogP contribution in [0, 0.1) is 0 Å². The van der Waals surface area contributed by atoms with Gasteiger partial charge < -0.3 is 25.4 Å². The number of fused-ring (bicyclic) bond motifs is 1. The monoisotopic (exact) mass is 632 g/mol. The van der Waals surface area contributed by atoms with E-state index in [0.29, 0.717) is 25.5 Å². The minimum absolute atomic E-state index is 0.0839. The van der Waals surface area contributed by atoms with Crippen LogP contribution in [-0.2, 0) is 32.2 Å². The second-order valence-electron chi connectivity index (χ2n) is 10.2. The number of aliphatic carboxylic acids is 1. The van der Waals surface area contributed by atoms with E-state index in [2.05, 4.69) is 21.7 Å². The van der Waals surface area contributed by atoms with Gasteiger partial charge in [0.05, 0.1) is 16.6 Å². The van der Waals surface area contributed by atoms with E-state index in [0.717, 1.165) is 49.5 Å². The molecular formula is C28H36F4N4O6S. The maximum absolute atomic E-state index is 13.4. The summed E-state index contributed by atoms with van der Waals surface area (Å²) in [4.78, 5) is 29.9. The fourth-order valence-electron chi connectivity index (χ4n) is 4.74. The first-order valence-corrected chi connectivity index (χ1v) is 15.3. The first-order chi connectivity index (χ1) is 20.4. The molecule has 0 spiro atoms. The number of alkyl halides is 4. The van der Waals surface area contributed by atoms with Gasteiger partial charge in [0, 0.05) is 32.4 Å². The average molecular weight is 633 g/mol. The second-order valence-corrected chi connectivity index (χ2v) is 12.1. The number of benzene rings is 1. The molecule has 1 aliphatic rings. The van der Waals surface area contributed by atoms with E-state index in [1.165, 1.54) is 18.7 Å². The molecule has 0 radical (unpaired) electrons. The Labute approximate surface area is 247 Å². The van der Waals surface area contributed by atoms with E-state index in [4.69, 9.17) is 4.74 Å². The van der Waals surface area contributed by atoms with Crippen molar-refractivity contribution < 1.29 is 45.4 Å². The lowest BCUT2D eigenvalue weighted by atomic mass is 10.1. The van der Waals surface area contributed by atoms with Gasteiger partial charge in [-0.3, -0.25) is 4.79 Å². The molecular weight excluding hydrogens is 596 g/mol. The Morgan fingerprint density at radius 1 is 1.16 bits per heavy atom. The van der Waals surface area contributed by atoms with Crippen molar-refractivity contribution in [1.29, 1.82) is 0 Å². The van der Waals surface area contributed by atoms with Crippen LogP contribution in [0.2, 0.25) is 0 Å². The highest BCUT2D eigenvalue weighted by Crippen LogP contribution is 2.32. The van der Waals surface area contributed by atoms with Crippen molar-refractivity contribution in [3.63, 3.8) is 0 Å².